The van der Waals surface area contributed by atoms with Crippen LogP contribution in [0.4, 0.5) is 0 Å². The highest BCUT2D eigenvalue weighted by Crippen LogP contribution is 2.81. The molecule has 0 N–H and O–H groups in total. The van der Waals surface area contributed by atoms with Gasteiger partial charge in [0.25, 0.3) is 0 Å². The normalized spacial score (nSPS) is 63.9. The van der Waals surface area contributed by atoms with E-state index in [9.17, 15) is 0 Å². The van der Waals surface area contributed by atoms with E-state index in [2.05, 4.69) is 6.92 Å². The van der Waals surface area contributed by atoms with E-state index in [1.54, 1.807) is 19.3 Å². The molecule has 0 heteroatoms. The number of rotatable bonds is 0. The van der Waals surface area contributed by atoms with Gasteiger partial charge in [-0.1, -0.05) is 19.8 Å². The van der Waals surface area contributed by atoms with Gasteiger partial charge >= 0.3 is 0 Å². The summed E-state index contributed by atoms with van der Waals surface area (Å²) in [7, 11) is 0. The van der Waals surface area contributed by atoms with Crippen LogP contribution in [0.5, 0.6) is 0 Å². The van der Waals surface area contributed by atoms with E-state index in [0.717, 1.165) is 11.3 Å². The van der Waals surface area contributed by atoms with Crippen molar-refractivity contribution in [1.29, 1.82) is 0 Å². The zero-order chi connectivity index (χ0) is 6.77. The molecule has 3 fully saturated rings. The molecule has 0 aromatic heterocycles. The maximum absolute atomic E-state index is 2.46. The summed E-state index contributed by atoms with van der Waals surface area (Å²) in [6, 6.07) is 0. The Bertz CT molecular complexity index is 159. The van der Waals surface area contributed by atoms with E-state index in [1.165, 1.54) is 24.7 Å². The topological polar surface area (TPSA) is 0 Å². The molecule has 0 aromatic carbocycles. The van der Waals surface area contributed by atoms with E-state index in [-0.39, 0.29) is 0 Å². The van der Waals surface area contributed by atoms with Crippen molar-refractivity contribution in [2.45, 2.75) is 39.0 Å². The van der Waals surface area contributed by atoms with Crippen molar-refractivity contribution in [3.05, 3.63) is 0 Å². The second-order valence-corrected chi connectivity index (χ2v) is 4.71. The van der Waals surface area contributed by atoms with Crippen LogP contribution >= 0.6 is 0 Å². The maximum atomic E-state index is 2.46. The Hall–Kier alpha value is 0. The Morgan fingerprint density at radius 3 is 2.00 bits per heavy atom. The summed E-state index contributed by atoms with van der Waals surface area (Å²) >= 11 is 0. The Balaban J connectivity index is 1.82. The highest BCUT2D eigenvalue weighted by Gasteiger charge is 2.75. The van der Waals surface area contributed by atoms with Crippen LogP contribution in [-0.2, 0) is 0 Å². The Labute approximate surface area is 63.0 Å². The molecular weight excluding hydrogens is 120 g/mol. The first kappa shape index (κ1) is 5.62. The summed E-state index contributed by atoms with van der Waals surface area (Å²) in [5, 5.41) is 0. The molecule has 0 aromatic rings. The molecule has 0 amide bonds. The van der Waals surface area contributed by atoms with Gasteiger partial charge < -0.3 is 0 Å². The molecule has 3 aliphatic carbocycles. The minimum absolute atomic E-state index is 0.955. The molecule has 0 nitrogen and oxygen atoms in total. The molecular formula is C10H16. The van der Waals surface area contributed by atoms with Gasteiger partial charge in [-0.15, -0.1) is 0 Å². The summed E-state index contributed by atoms with van der Waals surface area (Å²) < 4.78 is 0. The molecule has 0 heterocycles. The highest BCUT2D eigenvalue weighted by molar-refractivity contribution is 5.23. The Morgan fingerprint density at radius 1 is 1.10 bits per heavy atom. The molecule has 56 valence electrons. The zero-order valence-corrected chi connectivity index (χ0v) is 6.77. The summed E-state index contributed by atoms with van der Waals surface area (Å²) in [6.07, 6.45) is 7.82. The van der Waals surface area contributed by atoms with E-state index < -0.39 is 0 Å². The third-order valence-corrected chi connectivity index (χ3v) is 4.45. The molecule has 3 atom stereocenters. The van der Waals surface area contributed by atoms with Gasteiger partial charge in [-0.25, -0.2) is 0 Å². The van der Waals surface area contributed by atoms with Crippen LogP contribution in [0.25, 0.3) is 0 Å². The summed E-state index contributed by atoms with van der Waals surface area (Å²) in [5.41, 5.74) is 0.955. The van der Waals surface area contributed by atoms with Crippen LogP contribution in [-0.4, -0.2) is 0 Å². The Kier molecular flexibility index (Phi) is 0.810. The predicted octanol–water partition coefficient (Wildman–Crippen LogP) is 2.83. The first-order chi connectivity index (χ1) is 4.86. The van der Waals surface area contributed by atoms with Crippen molar-refractivity contribution in [3.8, 4) is 0 Å². The van der Waals surface area contributed by atoms with Gasteiger partial charge in [-0.3, -0.25) is 0 Å². The van der Waals surface area contributed by atoms with Gasteiger partial charge in [0.15, 0.2) is 0 Å². The van der Waals surface area contributed by atoms with Crippen LogP contribution in [0.2, 0.25) is 0 Å². The average molecular weight is 136 g/mol. The SMILES string of the molecule is CC1CC12C1CCCCC12. The van der Waals surface area contributed by atoms with Gasteiger partial charge in [-0.05, 0) is 42.4 Å². The summed E-state index contributed by atoms with van der Waals surface area (Å²) in [6.45, 7) is 2.46. The van der Waals surface area contributed by atoms with Crippen molar-refractivity contribution in [2.24, 2.45) is 23.2 Å². The monoisotopic (exact) mass is 136 g/mol. The zero-order valence-electron chi connectivity index (χ0n) is 6.77. The van der Waals surface area contributed by atoms with Gasteiger partial charge in [-0.2, -0.15) is 0 Å². The second-order valence-electron chi connectivity index (χ2n) is 4.71. The molecule has 10 heavy (non-hydrogen) atoms. The number of hydrogen-bond donors (Lipinski definition) is 0. The van der Waals surface area contributed by atoms with Crippen molar-refractivity contribution in [3.63, 3.8) is 0 Å². The summed E-state index contributed by atoms with van der Waals surface area (Å²) in [4.78, 5) is 0. The molecule has 3 unspecified atom stereocenters. The Morgan fingerprint density at radius 2 is 1.60 bits per heavy atom. The molecule has 0 bridgehead atoms. The molecule has 1 spiro atoms. The van der Waals surface area contributed by atoms with Crippen LogP contribution < -0.4 is 0 Å². The van der Waals surface area contributed by atoms with E-state index in [4.69, 9.17) is 0 Å². The van der Waals surface area contributed by atoms with Crippen molar-refractivity contribution >= 4 is 0 Å². The van der Waals surface area contributed by atoms with E-state index in [0.29, 0.717) is 0 Å². The minimum Gasteiger partial charge on any atom is -0.0619 e. The van der Waals surface area contributed by atoms with Crippen LogP contribution in [0, 0.1) is 23.2 Å². The van der Waals surface area contributed by atoms with Crippen LogP contribution in [0.15, 0.2) is 0 Å². The lowest BCUT2D eigenvalue weighted by Crippen LogP contribution is -1.91. The summed E-state index contributed by atoms with van der Waals surface area (Å²) in [5.74, 6) is 3.52. The fourth-order valence-corrected chi connectivity index (χ4v) is 3.80. The van der Waals surface area contributed by atoms with Gasteiger partial charge in [0.05, 0.1) is 0 Å². The predicted molar refractivity (Wildman–Crippen MR) is 41.7 cm³/mol. The molecule has 3 saturated carbocycles. The molecule has 0 saturated heterocycles. The van der Waals surface area contributed by atoms with Crippen LogP contribution in [0.1, 0.15) is 39.0 Å². The maximum Gasteiger partial charge on any atom is -0.0207 e. The van der Waals surface area contributed by atoms with Gasteiger partial charge in [0.2, 0.25) is 0 Å². The second kappa shape index (κ2) is 1.44. The third kappa shape index (κ3) is 0.436. The molecule has 3 rings (SSSR count). The highest BCUT2D eigenvalue weighted by atomic mass is 14.8. The lowest BCUT2D eigenvalue weighted by Gasteiger charge is -2.04. The average Bonchev–Trinajstić information content (AvgIpc) is 2.79. The largest absolute Gasteiger partial charge is 0.0619 e. The van der Waals surface area contributed by atoms with Gasteiger partial charge in [0, 0.05) is 0 Å². The first-order valence-electron chi connectivity index (χ1n) is 4.86. The van der Waals surface area contributed by atoms with Crippen LogP contribution in [0.3, 0.4) is 0 Å². The standard InChI is InChI=1S/C10H16/c1-7-6-10(7)8-4-2-3-5-9(8)10/h7-9H,2-6H2,1H3. The smallest absolute Gasteiger partial charge is 0.0207 e. The number of hydrogen-bond acceptors (Lipinski definition) is 0. The lowest BCUT2D eigenvalue weighted by molar-refractivity contribution is 0.480. The van der Waals surface area contributed by atoms with Crippen molar-refractivity contribution in [1.82, 2.24) is 0 Å². The third-order valence-electron chi connectivity index (χ3n) is 4.45. The fraction of sp³-hybridized carbons (Fsp3) is 1.00. The number of fused-ring (bicyclic) bond motifs is 3. The molecule has 3 aliphatic rings. The lowest BCUT2D eigenvalue weighted by atomic mass is 10.0. The quantitative estimate of drug-likeness (QED) is 0.480. The van der Waals surface area contributed by atoms with E-state index >= 15 is 0 Å². The first-order valence-corrected chi connectivity index (χ1v) is 4.86. The molecule has 0 radical (unpaired) electrons. The molecule has 0 aliphatic heterocycles. The minimum atomic E-state index is 0.955. The van der Waals surface area contributed by atoms with E-state index in [1.807, 2.05) is 0 Å². The van der Waals surface area contributed by atoms with Gasteiger partial charge in [0.1, 0.15) is 0 Å². The fourth-order valence-electron chi connectivity index (χ4n) is 3.80. The van der Waals surface area contributed by atoms with Crippen molar-refractivity contribution in [2.75, 3.05) is 0 Å². The van der Waals surface area contributed by atoms with Crippen molar-refractivity contribution < 1.29 is 0 Å².